The third kappa shape index (κ3) is 2.60. The van der Waals surface area contributed by atoms with Crippen molar-refractivity contribution in [2.24, 2.45) is 0 Å². The summed E-state index contributed by atoms with van der Waals surface area (Å²) in [4.78, 5) is 18.5. The predicted octanol–water partition coefficient (Wildman–Crippen LogP) is 2.96. The molecule has 0 unspecified atom stereocenters. The molecule has 2 heterocycles. The van der Waals surface area contributed by atoms with Crippen molar-refractivity contribution >= 4 is 10.9 Å². The Kier molecular flexibility index (Phi) is 3.64. The predicted molar refractivity (Wildman–Crippen MR) is 93.5 cm³/mol. The lowest BCUT2D eigenvalue weighted by Crippen LogP contribution is -2.34. The Bertz CT molecular complexity index is 996. The first kappa shape index (κ1) is 14.7. The number of hydrogen-bond acceptors (Lipinski definition) is 3. The van der Waals surface area contributed by atoms with Gasteiger partial charge in [0.15, 0.2) is 5.43 Å². The van der Waals surface area contributed by atoms with Gasteiger partial charge < -0.3 is 4.98 Å². The van der Waals surface area contributed by atoms with Gasteiger partial charge in [0.25, 0.3) is 0 Å². The van der Waals surface area contributed by atoms with Crippen molar-refractivity contribution in [1.82, 2.24) is 9.88 Å². The van der Waals surface area contributed by atoms with Crippen LogP contribution in [0.4, 0.5) is 0 Å². The first-order valence-electron chi connectivity index (χ1n) is 8.09. The number of rotatable bonds is 2. The minimum Gasteiger partial charge on any atom is -0.358 e. The molecule has 0 bridgehead atoms. The van der Waals surface area contributed by atoms with E-state index in [9.17, 15) is 4.79 Å². The van der Waals surface area contributed by atoms with Crippen LogP contribution in [0.1, 0.15) is 22.4 Å². The molecule has 1 N–H and O–H groups in total. The van der Waals surface area contributed by atoms with Gasteiger partial charge in [0.1, 0.15) is 0 Å². The normalized spacial score (nSPS) is 14.3. The highest BCUT2D eigenvalue weighted by atomic mass is 16.1. The number of nitriles is 1. The molecule has 2 aromatic carbocycles. The van der Waals surface area contributed by atoms with Crippen molar-refractivity contribution in [1.29, 1.82) is 5.26 Å². The zero-order valence-electron chi connectivity index (χ0n) is 13.2. The highest BCUT2D eigenvalue weighted by Gasteiger charge is 2.20. The smallest absolute Gasteiger partial charge is 0.194 e. The molecule has 0 fully saturated rings. The Morgan fingerprint density at radius 3 is 2.71 bits per heavy atom. The Morgan fingerprint density at radius 2 is 1.92 bits per heavy atom. The lowest BCUT2D eigenvalue weighted by Gasteiger charge is -2.28. The number of nitrogens with one attached hydrogen (secondary N) is 1. The van der Waals surface area contributed by atoms with Gasteiger partial charge in [-0.25, -0.2) is 0 Å². The van der Waals surface area contributed by atoms with Crippen LogP contribution in [0.3, 0.4) is 0 Å². The van der Waals surface area contributed by atoms with Crippen molar-refractivity contribution in [2.75, 3.05) is 6.54 Å². The van der Waals surface area contributed by atoms with Crippen molar-refractivity contribution in [3.63, 3.8) is 0 Å². The van der Waals surface area contributed by atoms with Crippen molar-refractivity contribution < 1.29 is 0 Å². The highest BCUT2D eigenvalue weighted by molar-refractivity contribution is 5.79. The molecule has 0 atom stereocenters. The first-order valence-corrected chi connectivity index (χ1v) is 8.09. The fourth-order valence-corrected chi connectivity index (χ4v) is 3.36. The van der Waals surface area contributed by atoms with Crippen molar-refractivity contribution in [3.05, 3.63) is 81.1 Å². The third-order valence-corrected chi connectivity index (χ3v) is 4.64. The molecular formula is C20H17N3O. The molecule has 3 aromatic rings. The molecule has 4 nitrogen and oxygen atoms in total. The molecule has 0 saturated heterocycles. The molecule has 1 aliphatic heterocycles. The number of aromatic amines is 1. The van der Waals surface area contributed by atoms with Gasteiger partial charge in [-0.15, -0.1) is 0 Å². The average molecular weight is 315 g/mol. The van der Waals surface area contributed by atoms with Crippen LogP contribution in [0, 0.1) is 11.3 Å². The molecule has 1 aliphatic rings. The van der Waals surface area contributed by atoms with Crippen LogP contribution in [0.25, 0.3) is 10.9 Å². The molecule has 0 amide bonds. The number of nitrogens with zero attached hydrogens (tertiary/aromatic N) is 2. The molecule has 118 valence electrons. The summed E-state index contributed by atoms with van der Waals surface area (Å²) in [6.07, 6.45) is 0.853. The van der Waals surface area contributed by atoms with Gasteiger partial charge in [0, 0.05) is 48.2 Å². The third-order valence-electron chi connectivity index (χ3n) is 4.64. The molecule has 1 aromatic heterocycles. The first-order chi connectivity index (χ1) is 11.7. The van der Waals surface area contributed by atoms with E-state index in [2.05, 4.69) is 16.0 Å². The highest BCUT2D eigenvalue weighted by Crippen LogP contribution is 2.20. The maximum atomic E-state index is 12.8. The Balaban J connectivity index is 1.62. The number of H-pyrrole nitrogens is 1. The number of pyridine rings is 1. The molecule has 0 aliphatic carbocycles. The van der Waals surface area contributed by atoms with E-state index < -0.39 is 0 Å². The van der Waals surface area contributed by atoms with Gasteiger partial charge >= 0.3 is 0 Å². The SMILES string of the molecule is N#Cc1ccc(CN2CCc3[nH]c4ccccc4c(=O)c3C2)cc1. The van der Waals surface area contributed by atoms with E-state index in [1.165, 1.54) is 0 Å². The standard InChI is InChI=1S/C20H17N3O/c21-11-14-5-7-15(8-6-14)12-23-10-9-19-17(13-23)20(24)16-3-1-2-4-18(16)22-19/h1-8H,9-10,12-13H2,(H,22,24). The van der Waals surface area contributed by atoms with E-state index in [-0.39, 0.29) is 5.43 Å². The van der Waals surface area contributed by atoms with E-state index in [1.807, 2.05) is 48.5 Å². The number of fused-ring (bicyclic) bond motifs is 2. The zero-order chi connectivity index (χ0) is 16.5. The summed E-state index contributed by atoms with van der Waals surface area (Å²) in [7, 11) is 0. The molecule has 0 radical (unpaired) electrons. The van der Waals surface area contributed by atoms with Crippen LogP contribution >= 0.6 is 0 Å². The van der Waals surface area contributed by atoms with Gasteiger partial charge in [0.2, 0.25) is 0 Å². The van der Waals surface area contributed by atoms with Crippen molar-refractivity contribution in [3.8, 4) is 6.07 Å². The average Bonchev–Trinajstić information content (AvgIpc) is 2.63. The Morgan fingerprint density at radius 1 is 1.12 bits per heavy atom. The topological polar surface area (TPSA) is 59.9 Å². The zero-order valence-corrected chi connectivity index (χ0v) is 13.2. The van der Waals surface area contributed by atoms with Gasteiger partial charge in [-0.3, -0.25) is 9.69 Å². The van der Waals surface area contributed by atoms with E-state index in [0.717, 1.165) is 47.2 Å². The maximum absolute atomic E-state index is 12.8. The van der Waals surface area contributed by atoms with Crippen LogP contribution in [-0.2, 0) is 19.5 Å². The number of aromatic nitrogens is 1. The van der Waals surface area contributed by atoms with E-state index in [4.69, 9.17) is 5.26 Å². The lowest BCUT2D eigenvalue weighted by molar-refractivity contribution is 0.243. The molecule has 0 saturated carbocycles. The molecular weight excluding hydrogens is 298 g/mol. The van der Waals surface area contributed by atoms with E-state index in [0.29, 0.717) is 12.1 Å². The minimum atomic E-state index is 0.142. The van der Waals surface area contributed by atoms with Gasteiger partial charge in [0.05, 0.1) is 11.6 Å². The van der Waals surface area contributed by atoms with Crippen LogP contribution < -0.4 is 5.43 Å². The summed E-state index contributed by atoms with van der Waals surface area (Å²) < 4.78 is 0. The molecule has 4 rings (SSSR count). The number of hydrogen-bond donors (Lipinski definition) is 1. The van der Waals surface area contributed by atoms with Crippen LogP contribution in [0.15, 0.2) is 53.3 Å². The fourth-order valence-electron chi connectivity index (χ4n) is 3.36. The molecule has 0 spiro atoms. The minimum absolute atomic E-state index is 0.142. The summed E-state index contributed by atoms with van der Waals surface area (Å²) in [5.41, 5.74) is 4.84. The van der Waals surface area contributed by atoms with E-state index >= 15 is 0 Å². The van der Waals surface area contributed by atoms with E-state index in [1.54, 1.807) is 0 Å². The number of para-hydroxylation sites is 1. The second-order valence-corrected chi connectivity index (χ2v) is 6.23. The summed E-state index contributed by atoms with van der Waals surface area (Å²) >= 11 is 0. The van der Waals surface area contributed by atoms with Crippen LogP contribution in [0.2, 0.25) is 0 Å². The van der Waals surface area contributed by atoms with Crippen molar-refractivity contribution in [2.45, 2.75) is 19.5 Å². The molecule has 4 heteroatoms. The summed E-state index contributed by atoms with van der Waals surface area (Å²) in [5, 5.41) is 9.64. The molecule has 24 heavy (non-hydrogen) atoms. The summed E-state index contributed by atoms with van der Waals surface area (Å²) in [6.45, 7) is 2.37. The lowest BCUT2D eigenvalue weighted by atomic mass is 10.0. The van der Waals surface area contributed by atoms with Crippen LogP contribution in [-0.4, -0.2) is 16.4 Å². The second kappa shape index (κ2) is 5.95. The van der Waals surface area contributed by atoms with Gasteiger partial charge in [-0.1, -0.05) is 24.3 Å². The number of benzene rings is 2. The van der Waals surface area contributed by atoms with Gasteiger partial charge in [-0.2, -0.15) is 5.26 Å². The van der Waals surface area contributed by atoms with Crippen LogP contribution in [0.5, 0.6) is 0 Å². The largest absolute Gasteiger partial charge is 0.358 e. The summed E-state index contributed by atoms with van der Waals surface area (Å²) in [6, 6.07) is 17.5. The fraction of sp³-hybridized carbons (Fsp3) is 0.200. The maximum Gasteiger partial charge on any atom is 0.194 e. The summed E-state index contributed by atoms with van der Waals surface area (Å²) in [5.74, 6) is 0. The van der Waals surface area contributed by atoms with Gasteiger partial charge in [-0.05, 0) is 29.8 Å². The Labute approximate surface area is 140 Å². The second-order valence-electron chi connectivity index (χ2n) is 6.23. The quantitative estimate of drug-likeness (QED) is 0.791. The monoisotopic (exact) mass is 315 g/mol. The Hall–Kier alpha value is -2.90.